The fraction of sp³-hybridized carbons (Fsp3) is 0.400. The van der Waals surface area contributed by atoms with Gasteiger partial charge in [-0.15, -0.1) is 0 Å². The number of aliphatic hydroxyl groups is 1. The number of aromatic nitrogens is 2. The smallest absolute Gasteiger partial charge is 0.245 e. The molecule has 1 unspecified atom stereocenters. The number of nitrogens with zero attached hydrogens (tertiary/aromatic N) is 2. The molecule has 2 bridgehead atoms. The topological polar surface area (TPSA) is 86.3 Å². The lowest BCUT2D eigenvalue weighted by molar-refractivity contribution is 0.0769. The van der Waals surface area contributed by atoms with Crippen molar-refractivity contribution < 1.29 is 13.5 Å². The van der Waals surface area contributed by atoms with Gasteiger partial charge in [0.25, 0.3) is 0 Å². The highest BCUT2D eigenvalue weighted by atomic mass is 35.5. The summed E-state index contributed by atoms with van der Waals surface area (Å²) in [6, 6.07) is 10.7. The molecule has 2 aromatic carbocycles. The van der Waals surface area contributed by atoms with Crippen molar-refractivity contribution in [3.63, 3.8) is 0 Å². The summed E-state index contributed by atoms with van der Waals surface area (Å²) in [6.07, 6.45) is 6.13. The molecular formula is C25H25Cl2N3O3S. The Labute approximate surface area is 209 Å². The van der Waals surface area contributed by atoms with Gasteiger partial charge in [0.1, 0.15) is 10.7 Å². The predicted molar refractivity (Wildman–Crippen MR) is 133 cm³/mol. The summed E-state index contributed by atoms with van der Waals surface area (Å²) in [4.78, 5) is 7.87. The highest BCUT2D eigenvalue weighted by Crippen LogP contribution is 2.44. The molecule has 3 atom stereocenters. The molecule has 1 aliphatic carbocycles. The van der Waals surface area contributed by atoms with Crippen LogP contribution < -0.4 is 0 Å². The molecule has 0 radical (unpaired) electrons. The van der Waals surface area contributed by atoms with Crippen LogP contribution in [0.5, 0.6) is 0 Å². The van der Waals surface area contributed by atoms with Gasteiger partial charge < -0.3 is 10.1 Å². The number of hydrogen-bond donors (Lipinski definition) is 2. The number of sulfonamides is 1. The Hall–Kier alpha value is -1.90. The summed E-state index contributed by atoms with van der Waals surface area (Å²) in [6.45, 7) is 0. The third-order valence-electron chi connectivity index (χ3n) is 7.31. The van der Waals surface area contributed by atoms with E-state index < -0.39 is 16.1 Å². The van der Waals surface area contributed by atoms with E-state index in [2.05, 4.69) is 16.0 Å². The van der Waals surface area contributed by atoms with E-state index >= 15 is 0 Å². The van der Waals surface area contributed by atoms with Crippen LogP contribution in [0.4, 0.5) is 0 Å². The second-order valence-electron chi connectivity index (χ2n) is 9.65. The number of halogens is 2. The molecule has 1 aromatic heterocycles. The number of H-pyrrole nitrogens is 1. The maximum atomic E-state index is 13.6. The van der Waals surface area contributed by atoms with Gasteiger partial charge in [-0.25, -0.2) is 13.4 Å². The monoisotopic (exact) mass is 517 g/mol. The van der Waals surface area contributed by atoms with E-state index in [-0.39, 0.29) is 22.0 Å². The fourth-order valence-electron chi connectivity index (χ4n) is 5.49. The van der Waals surface area contributed by atoms with E-state index in [1.807, 2.05) is 12.1 Å². The standard InChI is InChI=1S/C25H25Cl2N3O3S/c26-21-8-4-16(10-24(21)34(32,33)30-17-5-6-18(30)12-19(31)11-17)25-28-13-23(29-25)15-3-7-20(14-1-2-14)22(27)9-15/h3-4,7-10,13-14,17-19,31H,1-2,5-6,11-12H2,(H,28,29)/t17-,18?,19-/m1/s1. The van der Waals surface area contributed by atoms with Crippen LogP contribution in [0.25, 0.3) is 22.6 Å². The third kappa shape index (κ3) is 3.88. The minimum atomic E-state index is -3.81. The number of benzene rings is 2. The van der Waals surface area contributed by atoms with Crippen LogP contribution in [0.2, 0.25) is 10.0 Å². The number of aliphatic hydroxyl groups excluding tert-OH is 1. The number of rotatable bonds is 5. The number of imidazole rings is 1. The minimum absolute atomic E-state index is 0.0785. The first-order valence-corrected chi connectivity index (χ1v) is 13.9. The number of aromatic amines is 1. The molecule has 3 aliphatic rings. The Kier molecular flexibility index (Phi) is 5.54. The molecule has 6 rings (SSSR count). The molecule has 3 heterocycles. The number of fused-ring (bicyclic) bond motifs is 2. The van der Waals surface area contributed by atoms with Crippen molar-refractivity contribution in [2.45, 2.75) is 67.5 Å². The number of hydrogen-bond acceptors (Lipinski definition) is 4. The Bertz CT molecular complexity index is 1360. The van der Waals surface area contributed by atoms with Gasteiger partial charge in [0.2, 0.25) is 10.0 Å². The Morgan fingerprint density at radius 1 is 0.941 bits per heavy atom. The first-order valence-electron chi connectivity index (χ1n) is 11.7. The maximum Gasteiger partial charge on any atom is 0.245 e. The van der Waals surface area contributed by atoms with Gasteiger partial charge in [-0.1, -0.05) is 35.3 Å². The van der Waals surface area contributed by atoms with E-state index in [4.69, 9.17) is 23.2 Å². The van der Waals surface area contributed by atoms with E-state index in [0.29, 0.717) is 30.1 Å². The lowest BCUT2D eigenvalue weighted by atomic mass is 10.0. The number of piperidine rings is 1. The molecule has 178 valence electrons. The third-order valence-corrected chi connectivity index (χ3v) is 10.1. The average Bonchev–Trinajstić information content (AvgIpc) is 3.44. The molecule has 6 nitrogen and oxygen atoms in total. The molecule has 9 heteroatoms. The first kappa shape index (κ1) is 22.6. The van der Waals surface area contributed by atoms with Crippen LogP contribution in [-0.2, 0) is 10.0 Å². The van der Waals surface area contributed by atoms with Crippen LogP contribution in [0.3, 0.4) is 0 Å². The zero-order valence-corrected chi connectivity index (χ0v) is 20.7. The molecule has 2 saturated heterocycles. The lowest BCUT2D eigenvalue weighted by Crippen LogP contribution is -2.47. The summed E-state index contributed by atoms with van der Waals surface area (Å²) < 4.78 is 28.8. The lowest BCUT2D eigenvalue weighted by Gasteiger charge is -2.36. The van der Waals surface area contributed by atoms with Gasteiger partial charge in [-0.05, 0) is 74.3 Å². The van der Waals surface area contributed by atoms with Gasteiger partial charge in [0.15, 0.2) is 0 Å². The second-order valence-corrected chi connectivity index (χ2v) is 12.3. The molecule has 0 spiro atoms. The Morgan fingerprint density at radius 3 is 2.32 bits per heavy atom. The van der Waals surface area contributed by atoms with Crippen LogP contribution in [0, 0.1) is 0 Å². The van der Waals surface area contributed by atoms with Crippen molar-refractivity contribution in [1.82, 2.24) is 14.3 Å². The molecular weight excluding hydrogens is 493 g/mol. The van der Waals surface area contributed by atoms with Crippen molar-refractivity contribution >= 4 is 33.2 Å². The Balaban J connectivity index is 1.32. The minimum Gasteiger partial charge on any atom is -0.393 e. The fourth-order valence-corrected chi connectivity index (χ4v) is 8.22. The van der Waals surface area contributed by atoms with Crippen LogP contribution in [-0.4, -0.2) is 46.0 Å². The predicted octanol–water partition coefficient (Wildman–Crippen LogP) is 5.60. The summed E-state index contributed by atoms with van der Waals surface area (Å²) >= 11 is 12.9. The summed E-state index contributed by atoms with van der Waals surface area (Å²) in [5, 5.41) is 11.0. The SMILES string of the molecule is O=S(=O)(c1cc(-c2ncc(-c3ccc(C4CC4)c(Cl)c3)[nH]2)ccc1Cl)N1C2CC[C@@H]1C[C@@H](O)C2. The maximum absolute atomic E-state index is 13.6. The second kappa shape index (κ2) is 8.35. The van der Waals surface area contributed by atoms with Crippen molar-refractivity contribution in [1.29, 1.82) is 0 Å². The van der Waals surface area contributed by atoms with E-state index in [9.17, 15) is 13.5 Å². The largest absolute Gasteiger partial charge is 0.393 e. The van der Waals surface area contributed by atoms with E-state index in [1.165, 1.54) is 18.4 Å². The van der Waals surface area contributed by atoms with Crippen molar-refractivity contribution in [3.8, 4) is 22.6 Å². The molecule has 1 saturated carbocycles. The summed E-state index contributed by atoms with van der Waals surface area (Å²) in [5.74, 6) is 1.13. The molecule has 34 heavy (non-hydrogen) atoms. The van der Waals surface area contributed by atoms with Gasteiger partial charge in [-0.3, -0.25) is 0 Å². The average molecular weight is 518 g/mol. The normalized spacial score (nSPS) is 25.1. The first-order chi connectivity index (χ1) is 16.3. The van der Waals surface area contributed by atoms with E-state index in [0.717, 1.165) is 29.1 Å². The highest BCUT2D eigenvalue weighted by Gasteiger charge is 2.47. The molecule has 2 N–H and O–H groups in total. The zero-order valence-electron chi connectivity index (χ0n) is 18.4. The van der Waals surface area contributed by atoms with Crippen LogP contribution >= 0.6 is 23.2 Å². The van der Waals surface area contributed by atoms with Gasteiger partial charge in [0.05, 0.1) is 23.0 Å². The quantitative estimate of drug-likeness (QED) is 0.460. The highest BCUT2D eigenvalue weighted by molar-refractivity contribution is 7.89. The van der Waals surface area contributed by atoms with Crippen molar-refractivity contribution in [2.75, 3.05) is 0 Å². The van der Waals surface area contributed by atoms with Crippen LogP contribution in [0.15, 0.2) is 47.5 Å². The zero-order chi connectivity index (χ0) is 23.6. The van der Waals surface area contributed by atoms with Gasteiger partial charge in [-0.2, -0.15) is 4.31 Å². The van der Waals surface area contributed by atoms with Crippen molar-refractivity contribution in [2.24, 2.45) is 0 Å². The summed E-state index contributed by atoms with van der Waals surface area (Å²) in [7, 11) is -3.81. The van der Waals surface area contributed by atoms with Gasteiger partial charge in [0, 0.05) is 28.2 Å². The number of nitrogens with one attached hydrogen (secondary N) is 1. The molecule has 0 amide bonds. The van der Waals surface area contributed by atoms with E-state index in [1.54, 1.807) is 28.7 Å². The van der Waals surface area contributed by atoms with Crippen LogP contribution in [0.1, 0.15) is 50.0 Å². The molecule has 3 fully saturated rings. The molecule has 3 aromatic rings. The van der Waals surface area contributed by atoms with Gasteiger partial charge >= 0.3 is 0 Å². The van der Waals surface area contributed by atoms with Crippen molar-refractivity contribution in [3.05, 3.63) is 58.2 Å². The molecule has 2 aliphatic heterocycles. The summed E-state index contributed by atoms with van der Waals surface area (Å²) in [5.41, 5.74) is 3.57. The Morgan fingerprint density at radius 2 is 1.65 bits per heavy atom.